The van der Waals surface area contributed by atoms with E-state index < -0.39 is 12.0 Å². The number of aromatic hydroxyl groups is 1. The number of aromatic nitrogens is 2. The molecule has 2 rings (SSSR count). The van der Waals surface area contributed by atoms with Gasteiger partial charge in [0.1, 0.15) is 5.75 Å². The lowest BCUT2D eigenvalue weighted by Gasteiger charge is -2.01. The standard InChI is InChI=1S/C10H7F3N2O/c11-10(12,13)9-14-5-8(15-9)6-1-3-7(16)4-2-6/h1-5,16H,(H,14,15). The van der Waals surface area contributed by atoms with Gasteiger partial charge in [-0.05, 0) is 29.8 Å². The number of phenols is 1. The van der Waals surface area contributed by atoms with Gasteiger partial charge in [-0.1, -0.05) is 0 Å². The van der Waals surface area contributed by atoms with E-state index in [4.69, 9.17) is 5.11 Å². The molecule has 0 radical (unpaired) electrons. The van der Waals surface area contributed by atoms with Gasteiger partial charge in [0.15, 0.2) is 0 Å². The van der Waals surface area contributed by atoms with Crippen molar-refractivity contribution in [3.05, 3.63) is 36.3 Å². The molecule has 2 aromatic rings. The lowest BCUT2D eigenvalue weighted by molar-refractivity contribution is -0.144. The summed E-state index contributed by atoms with van der Waals surface area (Å²) in [6.07, 6.45) is -3.37. The molecule has 0 unspecified atom stereocenters. The van der Waals surface area contributed by atoms with Gasteiger partial charge in [0.25, 0.3) is 0 Å². The number of nitrogens with zero attached hydrogens (tertiary/aromatic N) is 1. The Labute approximate surface area is 88.6 Å². The number of rotatable bonds is 1. The molecule has 6 heteroatoms. The summed E-state index contributed by atoms with van der Waals surface area (Å²) in [5, 5.41) is 9.03. The molecule has 84 valence electrons. The van der Waals surface area contributed by atoms with Gasteiger partial charge in [-0.15, -0.1) is 0 Å². The highest BCUT2D eigenvalue weighted by Crippen LogP contribution is 2.29. The lowest BCUT2D eigenvalue weighted by atomic mass is 10.2. The minimum Gasteiger partial charge on any atom is -0.508 e. The van der Waals surface area contributed by atoms with Gasteiger partial charge in [0, 0.05) is 0 Å². The molecular weight excluding hydrogens is 221 g/mol. The summed E-state index contributed by atoms with van der Waals surface area (Å²) in [7, 11) is 0. The van der Waals surface area contributed by atoms with Gasteiger partial charge < -0.3 is 10.1 Å². The van der Waals surface area contributed by atoms with Crippen LogP contribution < -0.4 is 0 Å². The van der Waals surface area contributed by atoms with E-state index >= 15 is 0 Å². The number of H-pyrrole nitrogens is 1. The third-order valence-corrected chi connectivity index (χ3v) is 2.02. The zero-order valence-electron chi connectivity index (χ0n) is 7.92. The van der Waals surface area contributed by atoms with E-state index in [1.807, 2.05) is 0 Å². The second-order valence-electron chi connectivity index (χ2n) is 3.19. The summed E-state index contributed by atoms with van der Waals surface area (Å²) < 4.78 is 36.7. The molecule has 0 fully saturated rings. The van der Waals surface area contributed by atoms with Crippen LogP contribution in [0.15, 0.2) is 30.5 Å². The van der Waals surface area contributed by atoms with Gasteiger partial charge in [-0.3, -0.25) is 0 Å². The third-order valence-electron chi connectivity index (χ3n) is 2.02. The van der Waals surface area contributed by atoms with E-state index in [-0.39, 0.29) is 11.4 Å². The number of halogens is 3. The van der Waals surface area contributed by atoms with E-state index in [9.17, 15) is 13.2 Å². The Bertz CT molecular complexity index is 488. The van der Waals surface area contributed by atoms with E-state index in [1.54, 1.807) is 0 Å². The topological polar surface area (TPSA) is 48.9 Å². The predicted molar refractivity (Wildman–Crippen MR) is 50.7 cm³/mol. The van der Waals surface area contributed by atoms with Crippen molar-refractivity contribution in [2.45, 2.75) is 6.18 Å². The summed E-state index contributed by atoms with van der Waals surface area (Å²) in [5.41, 5.74) is 0.785. The fourth-order valence-electron chi connectivity index (χ4n) is 1.25. The van der Waals surface area contributed by atoms with Gasteiger partial charge >= 0.3 is 6.18 Å². The zero-order valence-corrected chi connectivity index (χ0v) is 7.92. The minimum absolute atomic E-state index is 0.0549. The van der Waals surface area contributed by atoms with Crippen molar-refractivity contribution in [2.24, 2.45) is 0 Å². The zero-order chi connectivity index (χ0) is 11.8. The van der Waals surface area contributed by atoms with Crippen LogP contribution in [-0.4, -0.2) is 15.1 Å². The molecule has 0 bridgehead atoms. The maximum Gasteiger partial charge on any atom is 0.449 e. The number of alkyl halides is 3. The Morgan fingerprint density at radius 3 is 2.25 bits per heavy atom. The average molecular weight is 228 g/mol. The molecule has 0 spiro atoms. The first-order valence-electron chi connectivity index (χ1n) is 4.38. The molecule has 16 heavy (non-hydrogen) atoms. The highest BCUT2D eigenvalue weighted by Gasteiger charge is 2.34. The first kappa shape index (κ1) is 10.5. The molecule has 1 aromatic carbocycles. The smallest absolute Gasteiger partial charge is 0.449 e. The van der Waals surface area contributed by atoms with Gasteiger partial charge in [0.05, 0.1) is 11.9 Å². The molecule has 0 aliphatic rings. The first-order chi connectivity index (χ1) is 7.47. The second-order valence-corrected chi connectivity index (χ2v) is 3.19. The minimum atomic E-state index is -4.48. The summed E-state index contributed by atoms with van der Waals surface area (Å²) >= 11 is 0. The van der Waals surface area contributed by atoms with E-state index in [2.05, 4.69) is 9.97 Å². The number of hydrogen-bond acceptors (Lipinski definition) is 2. The van der Waals surface area contributed by atoms with Crippen molar-refractivity contribution in [1.82, 2.24) is 9.97 Å². The number of phenolic OH excluding ortho intramolecular Hbond substituents is 1. The summed E-state index contributed by atoms with van der Waals surface area (Å²) in [6, 6.07) is 5.79. The van der Waals surface area contributed by atoms with Crippen molar-refractivity contribution in [2.75, 3.05) is 0 Å². The van der Waals surface area contributed by atoms with E-state index in [1.165, 1.54) is 24.3 Å². The third kappa shape index (κ3) is 2.00. The summed E-state index contributed by atoms with van der Waals surface area (Å²) in [6.45, 7) is 0. The number of benzene rings is 1. The molecule has 0 saturated carbocycles. The molecule has 2 N–H and O–H groups in total. The van der Waals surface area contributed by atoms with Crippen LogP contribution >= 0.6 is 0 Å². The molecule has 1 heterocycles. The Morgan fingerprint density at radius 1 is 1.12 bits per heavy atom. The molecule has 0 aliphatic heterocycles. The lowest BCUT2D eigenvalue weighted by Crippen LogP contribution is -2.06. The Morgan fingerprint density at radius 2 is 1.75 bits per heavy atom. The van der Waals surface area contributed by atoms with Crippen molar-refractivity contribution < 1.29 is 18.3 Å². The SMILES string of the molecule is Oc1ccc(-c2cnc(C(F)(F)F)[nH]2)cc1. The number of aromatic amines is 1. The Balaban J connectivity index is 2.35. The maximum absolute atomic E-state index is 12.2. The van der Waals surface area contributed by atoms with Crippen molar-refractivity contribution in [1.29, 1.82) is 0 Å². The van der Waals surface area contributed by atoms with Crippen molar-refractivity contribution in [3.63, 3.8) is 0 Å². The van der Waals surface area contributed by atoms with Crippen molar-refractivity contribution >= 4 is 0 Å². The predicted octanol–water partition coefficient (Wildman–Crippen LogP) is 2.80. The van der Waals surface area contributed by atoms with Gasteiger partial charge in [-0.25, -0.2) is 4.98 Å². The molecule has 3 nitrogen and oxygen atoms in total. The molecule has 0 saturated heterocycles. The Kier molecular flexibility index (Phi) is 2.34. The molecule has 0 amide bonds. The van der Waals surface area contributed by atoms with Crippen molar-refractivity contribution in [3.8, 4) is 17.0 Å². The quantitative estimate of drug-likeness (QED) is 0.788. The van der Waals surface area contributed by atoms with Crippen LogP contribution in [0.3, 0.4) is 0 Å². The van der Waals surface area contributed by atoms with Crippen LogP contribution in [-0.2, 0) is 6.18 Å². The number of nitrogens with one attached hydrogen (secondary N) is 1. The maximum atomic E-state index is 12.2. The van der Waals surface area contributed by atoms with E-state index in [0.29, 0.717) is 5.56 Å². The fraction of sp³-hybridized carbons (Fsp3) is 0.100. The van der Waals surface area contributed by atoms with Crippen LogP contribution in [0.5, 0.6) is 5.75 Å². The van der Waals surface area contributed by atoms with Crippen LogP contribution in [0.4, 0.5) is 13.2 Å². The van der Waals surface area contributed by atoms with Crippen LogP contribution in [0.1, 0.15) is 5.82 Å². The summed E-state index contributed by atoms with van der Waals surface area (Å²) in [5.74, 6) is -0.977. The van der Waals surface area contributed by atoms with Crippen LogP contribution in [0.2, 0.25) is 0 Å². The van der Waals surface area contributed by atoms with Gasteiger partial charge in [0.2, 0.25) is 5.82 Å². The monoisotopic (exact) mass is 228 g/mol. The average Bonchev–Trinajstić information content (AvgIpc) is 2.67. The van der Waals surface area contributed by atoms with Crippen LogP contribution in [0.25, 0.3) is 11.3 Å². The summed E-state index contributed by atoms with van der Waals surface area (Å²) in [4.78, 5) is 5.41. The molecule has 0 aliphatic carbocycles. The molecule has 1 aromatic heterocycles. The first-order valence-corrected chi connectivity index (χ1v) is 4.38. The number of hydrogen-bond donors (Lipinski definition) is 2. The molecule has 0 atom stereocenters. The second kappa shape index (κ2) is 3.55. The normalized spacial score (nSPS) is 11.7. The van der Waals surface area contributed by atoms with Crippen LogP contribution in [0, 0.1) is 0 Å². The van der Waals surface area contributed by atoms with E-state index in [0.717, 1.165) is 6.20 Å². The number of imidazole rings is 1. The van der Waals surface area contributed by atoms with Gasteiger partial charge in [-0.2, -0.15) is 13.2 Å². The Hall–Kier alpha value is -1.98. The molecular formula is C10H7F3N2O. The highest BCUT2D eigenvalue weighted by molar-refractivity contribution is 5.59. The largest absolute Gasteiger partial charge is 0.508 e. The fourth-order valence-corrected chi connectivity index (χ4v) is 1.25. The highest BCUT2D eigenvalue weighted by atomic mass is 19.4.